The van der Waals surface area contributed by atoms with Gasteiger partial charge in [0.2, 0.25) is 5.91 Å². The summed E-state index contributed by atoms with van der Waals surface area (Å²) in [7, 11) is 0. The fraction of sp³-hybridized carbons (Fsp3) is 0.444. The predicted octanol–water partition coefficient (Wildman–Crippen LogP) is 4.30. The van der Waals surface area contributed by atoms with E-state index >= 15 is 0 Å². The summed E-state index contributed by atoms with van der Waals surface area (Å²) < 4.78 is 5.69. The van der Waals surface area contributed by atoms with Crippen LogP contribution in [0.1, 0.15) is 62.0 Å². The standard InChI is InChI=1S/C27H30N2O5/c30-24(29-15-6-5-12-23(29)25(31)32)16-27(13-7-14-27)28-26(33)34-17-22-20-10-3-1-8-18(20)19-9-2-4-11-21(19)22/h1-4,8-11,22-23H,5-7,12-17H2,(H,28,33)(H,31,32). The van der Waals surface area contributed by atoms with Crippen LogP contribution in [0.25, 0.3) is 11.1 Å². The lowest BCUT2D eigenvalue weighted by atomic mass is 9.74. The molecule has 1 atom stereocenters. The van der Waals surface area contributed by atoms with Gasteiger partial charge >= 0.3 is 12.1 Å². The molecule has 1 saturated heterocycles. The second-order valence-electron chi connectivity index (χ2n) is 9.70. The number of rotatable bonds is 6. The van der Waals surface area contributed by atoms with E-state index < -0.39 is 23.6 Å². The van der Waals surface area contributed by atoms with E-state index in [0.29, 0.717) is 25.8 Å². The molecule has 0 bridgehead atoms. The molecule has 2 aromatic rings. The molecule has 0 radical (unpaired) electrons. The van der Waals surface area contributed by atoms with Gasteiger partial charge in [-0.25, -0.2) is 9.59 Å². The molecule has 1 saturated carbocycles. The number of carbonyl (C=O) groups is 3. The lowest BCUT2D eigenvalue weighted by Gasteiger charge is -2.43. The van der Waals surface area contributed by atoms with Gasteiger partial charge in [0.15, 0.2) is 0 Å². The molecule has 7 heteroatoms. The van der Waals surface area contributed by atoms with Crippen LogP contribution in [0.3, 0.4) is 0 Å². The van der Waals surface area contributed by atoms with Crippen LogP contribution < -0.4 is 5.32 Å². The molecule has 2 fully saturated rings. The first-order valence-electron chi connectivity index (χ1n) is 12.1. The number of nitrogens with zero attached hydrogens (tertiary/aromatic N) is 1. The van der Waals surface area contributed by atoms with Crippen molar-refractivity contribution in [1.29, 1.82) is 0 Å². The van der Waals surface area contributed by atoms with Gasteiger partial charge in [-0.15, -0.1) is 0 Å². The van der Waals surface area contributed by atoms with E-state index in [9.17, 15) is 19.5 Å². The highest BCUT2D eigenvalue weighted by Gasteiger charge is 2.43. The zero-order valence-corrected chi connectivity index (χ0v) is 19.2. The van der Waals surface area contributed by atoms with Crippen LogP contribution in [-0.2, 0) is 14.3 Å². The molecule has 7 nitrogen and oxygen atoms in total. The van der Waals surface area contributed by atoms with Gasteiger partial charge in [-0.05, 0) is 60.8 Å². The summed E-state index contributed by atoms with van der Waals surface area (Å²) in [6, 6.07) is 15.6. The Labute approximate surface area is 199 Å². The molecule has 0 spiro atoms. The monoisotopic (exact) mass is 462 g/mol. The summed E-state index contributed by atoms with van der Waals surface area (Å²) >= 11 is 0. The Balaban J connectivity index is 1.23. The van der Waals surface area contributed by atoms with E-state index in [1.807, 2.05) is 24.3 Å². The highest BCUT2D eigenvalue weighted by atomic mass is 16.5. The quantitative estimate of drug-likeness (QED) is 0.667. The largest absolute Gasteiger partial charge is 0.480 e. The van der Waals surface area contributed by atoms with Crippen LogP contribution >= 0.6 is 0 Å². The van der Waals surface area contributed by atoms with E-state index in [2.05, 4.69) is 29.6 Å². The number of hydrogen-bond donors (Lipinski definition) is 2. The number of ether oxygens (including phenoxy) is 1. The van der Waals surface area contributed by atoms with E-state index in [1.54, 1.807) is 0 Å². The molecule has 1 heterocycles. The molecule has 2 amide bonds. The van der Waals surface area contributed by atoms with Gasteiger partial charge in [0.1, 0.15) is 12.6 Å². The Morgan fingerprint density at radius 3 is 2.21 bits per heavy atom. The Bertz CT molecular complexity index is 1060. The molecular formula is C27H30N2O5. The molecular weight excluding hydrogens is 432 g/mol. The van der Waals surface area contributed by atoms with Crippen LogP contribution in [0.4, 0.5) is 4.79 Å². The van der Waals surface area contributed by atoms with Gasteiger partial charge in [0.05, 0.1) is 12.0 Å². The van der Waals surface area contributed by atoms with Crippen molar-refractivity contribution >= 4 is 18.0 Å². The first-order valence-corrected chi connectivity index (χ1v) is 12.1. The minimum absolute atomic E-state index is 0.0261. The third-order valence-electron chi connectivity index (χ3n) is 7.62. The highest BCUT2D eigenvalue weighted by Crippen LogP contribution is 2.44. The van der Waals surface area contributed by atoms with Crippen molar-refractivity contribution < 1.29 is 24.2 Å². The summed E-state index contributed by atoms with van der Waals surface area (Å²) in [5.74, 6) is -1.19. The number of fused-ring (bicyclic) bond motifs is 3. The fourth-order valence-electron chi connectivity index (χ4n) is 5.68. The normalized spacial score (nSPS) is 20.6. The van der Waals surface area contributed by atoms with Crippen molar-refractivity contribution in [3.05, 3.63) is 59.7 Å². The first kappa shape index (κ1) is 22.4. The van der Waals surface area contributed by atoms with Crippen LogP contribution in [0.15, 0.2) is 48.5 Å². The second-order valence-corrected chi connectivity index (χ2v) is 9.70. The number of amides is 2. The number of carbonyl (C=O) groups excluding carboxylic acids is 2. The molecule has 2 aromatic carbocycles. The van der Waals surface area contributed by atoms with Gasteiger partial charge in [0.25, 0.3) is 0 Å². The maximum absolute atomic E-state index is 13.0. The van der Waals surface area contributed by atoms with Crippen LogP contribution in [0.5, 0.6) is 0 Å². The van der Waals surface area contributed by atoms with E-state index in [0.717, 1.165) is 30.4 Å². The number of piperidine rings is 1. The Kier molecular flexibility index (Phi) is 6.02. The zero-order valence-electron chi connectivity index (χ0n) is 19.2. The van der Waals surface area contributed by atoms with Crippen molar-refractivity contribution in [3.8, 4) is 11.1 Å². The average molecular weight is 463 g/mol. The molecule has 178 valence electrons. The van der Waals surface area contributed by atoms with Crippen LogP contribution in [-0.4, -0.2) is 52.7 Å². The molecule has 2 aliphatic carbocycles. The number of carboxylic acid groups (broad SMARTS) is 1. The molecule has 34 heavy (non-hydrogen) atoms. The van der Waals surface area contributed by atoms with Gasteiger partial charge in [0, 0.05) is 12.5 Å². The topological polar surface area (TPSA) is 95.9 Å². The van der Waals surface area contributed by atoms with Gasteiger partial charge in [-0.1, -0.05) is 48.5 Å². The molecule has 1 unspecified atom stereocenters. The lowest BCUT2D eigenvalue weighted by molar-refractivity contribution is -0.153. The minimum atomic E-state index is -0.958. The van der Waals surface area contributed by atoms with Crippen molar-refractivity contribution in [3.63, 3.8) is 0 Å². The number of hydrogen-bond acceptors (Lipinski definition) is 4. The fourth-order valence-corrected chi connectivity index (χ4v) is 5.68. The molecule has 0 aromatic heterocycles. The third kappa shape index (κ3) is 4.15. The maximum Gasteiger partial charge on any atom is 0.407 e. The number of benzene rings is 2. The van der Waals surface area contributed by atoms with Gasteiger partial charge in [-0.2, -0.15) is 0 Å². The first-order chi connectivity index (χ1) is 16.5. The third-order valence-corrected chi connectivity index (χ3v) is 7.62. The lowest BCUT2D eigenvalue weighted by Crippen LogP contribution is -2.58. The van der Waals surface area contributed by atoms with Crippen molar-refractivity contribution in [2.45, 2.75) is 62.4 Å². The number of likely N-dealkylation sites (tertiary alicyclic amines) is 1. The smallest absolute Gasteiger partial charge is 0.407 e. The van der Waals surface area contributed by atoms with Crippen LogP contribution in [0, 0.1) is 0 Å². The summed E-state index contributed by atoms with van der Waals surface area (Å²) in [5, 5.41) is 12.5. The van der Waals surface area contributed by atoms with Gasteiger partial charge < -0.3 is 20.1 Å². The summed E-state index contributed by atoms with van der Waals surface area (Å²) in [5.41, 5.74) is 3.98. The Hall–Kier alpha value is -3.35. The molecule has 5 rings (SSSR count). The maximum atomic E-state index is 13.0. The summed E-state index contributed by atoms with van der Waals surface area (Å²) in [6.07, 6.45) is 3.98. The average Bonchev–Trinajstić information content (AvgIpc) is 3.15. The van der Waals surface area contributed by atoms with E-state index in [4.69, 9.17) is 4.74 Å². The van der Waals surface area contributed by atoms with E-state index in [-0.39, 0.29) is 24.9 Å². The SMILES string of the molecule is O=C(NC1(CC(=O)N2CCCCC2C(=O)O)CCC1)OCC1c2ccccc2-c2ccccc21. The van der Waals surface area contributed by atoms with Gasteiger partial charge in [-0.3, -0.25) is 4.79 Å². The zero-order chi connectivity index (χ0) is 23.7. The van der Waals surface area contributed by atoms with Crippen molar-refractivity contribution in [2.24, 2.45) is 0 Å². The second kappa shape index (κ2) is 9.12. The Morgan fingerprint density at radius 2 is 1.62 bits per heavy atom. The predicted molar refractivity (Wildman–Crippen MR) is 126 cm³/mol. The number of carboxylic acids is 1. The highest BCUT2D eigenvalue weighted by molar-refractivity contribution is 5.85. The molecule has 1 aliphatic heterocycles. The minimum Gasteiger partial charge on any atom is -0.480 e. The number of nitrogens with one attached hydrogen (secondary N) is 1. The molecule has 2 N–H and O–H groups in total. The number of alkyl carbamates (subject to hydrolysis) is 1. The summed E-state index contributed by atoms with van der Waals surface area (Å²) in [4.78, 5) is 38.9. The van der Waals surface area contributed by atoms with Crippen molar-refractivity contribution in [2.75, 3.05) is 13.2 Å². The number of aliphatic carboxylic acids is 1. The summed E-state index contributed by atoms with van der Waals surface area (Å²) in [6.45, 7) is 0.675. The van der Waals surface area contributed by atoms with Crippen LogP contribution in [0.2, 0.25) is 0 Å². The van der Waals surface area contributed by atoms with Crippen molar-refractivity contribution in [1.82, 2.24) is 10.2 Å². The molecule has 3 aliphatic rings. The Morgan fingerprint density at radius 1 is 0.971 bits per heavy atom. The van der Waals surface area contributed by atoms with E-state index in [1.165, 1.54) is 16.0 Å².